The first-order chi connectivity index (χ1) is 21.2. The molecule has 0 heterocycles. The fourth-order valence-electron chi connectivity index (χ4n) is 11.1. The van der Waals surface area contributed by atoms with Crippen LogP contribution in [0.1, 0.15) is 84.6 Å². The van der Waals surface area contributed by atoms with Crippen LogP contribution in [-0.4, -0.2) is 25.5 Å². The van der Waals surface area contributed by atoms with E-state index in [1.165, 1.54) is 34.7 Å². The highest BCUT2D eigenvalue weighted by Crippen LogP contribution is 2.66. The number of hydrogen-bond donors (Lipinski definition) is 0. The molecule has 44 heavy (non-hydrogen) atoms. The van der Waals surface area contributed by atoms with Crippen molar-refractivity contribution < 1.29 is 22.5 Å². The van der Waals surface area contributed by atoms with Crippen LogP contribution in [0, 0.1) is 23.2 Å². The molecule has 0 N–H and O–H groups in total. The summed E-state index contributed by atoms with van der Waals surface area (Å²) in [6.45, 7) is 0.447. The van der Waals surface area contributed by atoms with E-state index in [1.54, 1.807) is 12.1 Å². The third kappa shape index (κ3) is 3.86. The van der Waals surface area contributed by atoms with Crippen molar-refractivity contribution in [2.24, 2.45) is 23.2 Å². The Kier molecular flexibility index (Phi) is 5.67. The molecule has 3 unspecified atom stereocenters. The minimum absolute atomic E-state index is 0.0322. The number of carbonyl (C=O) groups is 1. The predicted octanol–water partition coefficient (Wildman–Crippen LogP) is 7.42. The summed E-state index contributed by atoms with van der Waals surface area (Å²) in [7, 11) is -4.59. The lowest BCUT2D eigenvalue weighted by atomic mass is 9.43. The Morgan fingerprint density at radius 2 is 1.34 bits per heavy atom. The van der Waals surface area contributed by atoms with Crippen LogP contribution in [0.4, 0.5) is 0 Å². The molecule has 0 aliphatic heterocycles. The van der Waals surface area contributed by atoms with Crippen molar-refractivity contribution in [3.8, 4) is 0 Å². The topological polar surface area (TPSA) is 83.5 Å². The molecule has 4 fully saturated rings. The van der Waals surface area contributed by atoms with Gasteiger partial charge in [0, 0.05) is 17.3 Å². The van der Waals surface area contributed by atoms with Gasteiger partial charge in [-0.15, -0.1) is 0 Å². The molecular formula is C38H35O5S-. The van der Waals surface area contributed by atoms with Crippen molar-refractivity contribution in [2.75, 3.05) is 6.61 Å². The zero-order valence-corrected chi connectivity index (χ0v) is 25.4. The van der Waals surface area contributed by atoms with Crippen LogP contribution in [0.15, 0.2) is 89.8 Å². The number of carbonyl (C=O) groups excluding carboxylic acids is 1. The summed E-state index contributed by atoms with van der Waals surface area (Å²) in [5, 5.41) is 1.39. The summed E-state index contributed by atoms with van der Waals surface area (Å²) in [5.74, 6) is 1.12. The molecule has 11 rings (SSSR count). The molecule has 5 nitrogen and oxygen atoms in total. The van der Waals surface area contributed by atoms with E-state index in [1.807, 2.05) is 18.2 Å². The Hall–Kier alpha value is -3.48. The van der Waals surface area contributed by atoms with Gasteiger partial charge in [0.1, 0.15) is 10.1 Å². The number of benzene rings is 4. The third-order valence-corrected chi connectivity index (χ3v) is 12.9. The van der Waals surface area contributed by atoms with Crippen molar-refractivity contribution >= 4 is 26.9 Å². The Morgan fingerprint density at radius 3 is 1.98 bits per heavy atom. The largest absolute Gasteiger partial charge is 0.744 e. The van der Waals surface area contributed by atoms with Crippen LogP contribution in [0.25, 0.3) is 10.8 Å². The van der Waals surface area contributed by atoms with Crippen LogP contribution in [0.5, 0.6) is 0 Å². The van der Waals surface area contributed by atoms with Gasteiger partial charge in [0.15, 0.2) is 0 Å². The van der Waals surface area contributed by atoms with Gasteiger partial charge < -0.3 is 9.29 Å². The van der Waals surface area contributed by atoms with Crippen LogP contribution in [0.3, 0.4) is 0 Å². The summed E-state index contributed by atoms with van der Waals surface area (Å²) in [5.41, 5.74) is 6.22. The molecule has 4 aromatic rings. The second-order valence-corrected chi connectivity index (χ2v) is 15.9. The standard InChI is InChI=1S/C38H36O5S/c39-36(32-16-31-25-7-1-5-11-29(25)35(32)30-12-6-2-8-26(30)31)43-22-37-17-23-15-24(18-37)20-38(19-23,21-37)33-13-14-34(44(40,41)42)28-10-4-3-9-27(28)33/h1-14,23-24,31-32,35H,15-22H2,(H,40,41,42)/p-1. The monoisotopic (exact) mass is 603 g/mol. The van der Waals surface area contributed by atoms with E-state index in [2.05, 4.69) is 48.5 Å². The first-order valence-electron chi connectivity index (χ1n) is 16.1. The number of fused-ring (bicyclic) bond motifs is 2. The normalized spacial score (nSPS) is 32.8. The molecule has 0 amide bonds. The van der Waals surface area contributed by atoms with Crippen molar-refractivity contribution in [1.29, 1.82) is 0 Å². The molecule has 3 atom stereocenters. The third-order valence-electron chi connectivity index (χ3n) is 12.0. The lowest BCUT2D eigenvalue weighted by Gasteiger charge is -2.62. The van der Waals surface area contributed by atoms with Gasteiger partial charge in [-0.1, -0.05) is 78.9 Å². The van der Waals surface area contributed by atoms with E-state index in [4.69, 9.17) is 4.74 Å². The SMILES string of the molecule is O=C(OCC12CC3CC(C1)CC(c1ccc(S(=O)(=O)[O-])c4ccccc14)(C3)C2)C1CC2c3ccccc3C1c1ccccc12. The zero-order valence-electron chi connectivity index (χ0n) is 24.6. The highest BCUT2D eigenvalue weighted by Gasteiger charge is 2.59. The van der Waals surface area contributed by atoms with Crippen LogP contribution >= 0.6 is 0 Å². The van der Waals surface area contributed by atoms with Gasteiger partial charge in [-0.3, -0.25) is 4.79 Å². The lowest BCUT2D eigenvalue weighted by molar-refractivity contribution is -0.163. The number of rotatable bonds is 5. The molecule has 6 heteroatoms. The van der Waals surface area contributed by atoms with E-state index in [0.717, 1.165) is 49.5 Å². The Labute approximate surface area is 258 Å². The second-order valence-electron chi connectivity index (χ2n) is 14.6. The quantitative estimate of drug-likeness (QED) is 0.175. The van der Waals surface area contributed by atoms with E-state index < -0.39 is 10.1 Å². The number of hydrogen-bond acceptors (Lipinski definition) is 5. The lowest BCUT2D eigenvalue weighted by Crippen LogP contribution is -2.55. The number of ether oxygens (including phenoxy) is 1. The average Bonchev–Trinajstić information content (AvgIpc) is 3.02. The van der Waals surface area contributed by atoms with Gasteiger partial charge >= 0.3 is 5.97 Å². The van der Waals surface area contributed by atoms with E-state index in [9.17, 15) is 17.8 Å². The molecule has 0 radical (unpaired) electrons. The fourth-order valence-corrected chi connectivity index (χ4v) is 11.8. The highest BCUT2D eigenvalue weighted by atomic mass is 32.2. The summed E-state index contributed by atoms with van der Waals surface area (Å²) >= 11 is 0. The van der Waals surface area contributed by atoms with Crippen molar-refractivity contribution in [2.45, 2.75) is 67.1 Å². The second kappa shape index (κ2) is 9.27. The average molecular weight is 604 g/mol. The summed E-state index contributed by atoms with van der Waals surface area (Å²) in [6.07, 6.45) is 7.20. The highest BCUT2D eigenvalue weighted by molar-refractivity contribution is 7.86. The van der Waals surface area contributed by atoms with Gasteiger partial charge in [0.25, 0.3) is 0 Å². The van der Waals surface area contributed by atoms with E-state index >= 15 is 0 Å². The van der Waals surface area contributed by atoms with Crippen molar-refractivity contribution in [1.82, 2.24) is 0 Å². The number of esters is 1. The fraction of sp³-hybridized carbons (Fsp3) is 0.395. The smallest absolute Gasteiger partial charge is 0.309 e. The minimum atomic E-state index is -4.59. The van der Waals surface area contributed by atoms with Crippen LogP contribution in [0.2, 0.25) is 0 Å². The van der Waals surface area contributed by atoms with Crippen LogP contribution < -0.4 is 0 Å². The molecule has 0 aromatic heterocycles. The molecule has 0 spiro atoms. The molecule has 224 valence electrons. The Morgan fingerprint density at radius 1 is 0.750 bits per heavy atom. The first-order valence-corrected chi connectivity index (χ1v) is 17.5. The summed E-state index contributed by atoms with van der Waals surface area (Å²) in [4.78, 5) is 13.9. The van der Waals surface area contributed by atoms with E-state index in [0.29, 0.717) is 23.8 Å². The summed E-state index contributed by atoms with van der Waals surface area (Å²) < 4.78 is 42.8. The molecule has 0 saturated heterocycles. The van der Waals surface area contributed by atoms with Gasteiger partial charge in [-0.25, -0.2) is 8.42 Å². The molecular weight excluding hydrogens is 568 g/mol. The van der Waals surface area contributed by atoms with Gasteiger partial charge in [-0.2, -0.15) is 0 Å². The zero-order chi connectivity index (χ0) is 29.8. The minimum Gasteiger partial charge on any atom is -0.744 e. The summed E-state index contributed by atoms with van der Waals surface area (Å²) in [6, 6.07) is 28.1. The maximum absolute atomic E-state index is 14.0. The van der Waals surface area contributed by atoms with Gasteiger partial charge in [-0.05, 0) is 107 Å². The molecule has 4 saturated carbocycles. The van der Waals surface area contributed by atoms with Gasteiger partial charge in [0.2, 0.25) is 0 Å². The predicted molar refractivity (Wildman–Crippen MR) is 166 cm³/mol. The molecule has 7 aliphatic carbocycles. The molecule has 4 aromatic carbocycles. The van der Waals surface area contributed by atoms with Crippen LogP contribution in [-0.2, 0) is 25.1 Å². The van der Waals surface area contributed by atoms with Crippen molar-refractivity contribution in [3.05, 3.63) is 113 Å². The van der Waals surface area contributed by atoms with Crippen molar-refractivity contribution in [3.63, 3.8) is 0 Å². The Balaban J connectivity index is 1.03. The maximum atomic E-state index is 14.0. The van der Waals surface area contributed by atoms with Gasteiger partial charge in [0.05, 0.1) is 17.4 Å². The first kappa shape index (κ1) is 26.9. The molecule has 7 aliphatic rings. The Bertz CT molecular complexity index is 1900. The van der Waals surface area contributed by atoms with E-state index in [-0.39, 0.29) is 39.4 Å². The maximum Gasteiger partial charge on any atom is 0.309 e. The molecule has 6 bridgehead atoms.